The average Bonchev–Trinajstić information content (AvgIpc) is 3.21. The fourth-order valence-corrected chi connectivity index (χ4v) is 8.04. The lowest BCUT2D eigenvalue weighted by molar-refractivity contribution is 1.16. The molecule has 52 heavy (non-hydrogen) atoms. The predicted octanol–water partition coefficient (Wildman–Crippen LogP) is 12.5. The van der Waals surface area contributed by atoms with Gasteiger partial charge in [-0.3, -0.25) is 0 Å². The van der Waals surface area contributed by atoms with E-state index in [0.29, 0.717) is 11.4 Å². The lowest BCUT2D eigenvalue weighted by atomic mass is 9.99. The van der Waals surface area contributed by atoms with Crippen molar-refractivity contribution in [2.75, 3.05) is 9.80 Å². The second-order valence-electron chi connectivity index (χ2n) is 12.6. The van der Waals surface area contributed by atoms with Crippen molar-refractivity contribution in [2.45, 2.75) is 16.7 Å². The fraction of sp³-hybridized carbons (Fsp3) is 0.0217. The molecular formula is C46H31N5S. The third kappa shape index (κ3) is 5.54. The fourth-order valence-electron chi connectivity index (χ4n) is 6.99. The lowest BCUT2D eigenvalue weighted by Gasteiger charge is -2.33. The first-order valence-corrected chi connectivity index (χ1v) is 18.0. The Balaban J connectivity index is 1.16. The average molecular weight is 686 g/mol. The van der Waals surface area contributed by atoms with Crippen LogP contribution in [0.3, 0.4) is 0 Å². The van der Waals surface area contributed by atoms with E-state index < -0.39 is 0 Å². The summed E-state index contributed by atoms with van der Waals surface area (Å²) >= 11 is 1.80. The Bertz CT molecular complexity index is 2590. The highest BCUT2D eigenvalue weighted by atomic mass is 32.2. The number of anilines is 6. The highest BCUT2D eigenvalue weighted by Crippen LogP contribution is 2.51. The van der Waals surface area contributed by atoms with Crippen LogP contribution in [-0.2, 0) is 0 Å². The van der Waals surface area contributed by atoms with Gasteiger partial charge in [-0.05, 0) is 91.3 Å². The number of fused-ring (bicyclic) bond motifs is 3. The smallest absolute Gasteiger partial charge is 0.160 e. The van der Waals surface area contributed by atoms with E-state index in [-0.39, 0.29) is 0 Å². The molecule has 7 aromatic carbocycles. The maximum atomic E-state index is 10.7. The maximum Gasteiger partial charge on any atom is 0.160 e. The lowest BCUT2D eigenvalue weighted by Crippen LogP contribution is -2.15. The van der Waals surface area contributed by atoms with Gasteiger partial charge in [-0.25, -0.2) is 9.97 Å². The molecule has 1 aromatic heterocycles. The van der Waals surface area contributed by atoms with E-state index >= 15 is 0 Å². The van der Waals surface area contributed by atoms with Crippen molar-refractivity contribution in [2.24, 2.45) is 0 Å². The second kappa shape index (κ2) is 13.2. The van der Waals surface area contributed by atoms with E-state index in [9.17, 15) is 5.26 Å². The van der Waals surface area contributed by atoms with Crippen LogP contribution in [0.5, 0.6) is 0 Å². The standard InChI is InChI=1S/C46H31N5S/c1-31-13-12-18-38-44(31)45(49-46(48-38)32-14-4-2-5-15-32)33-23-28-39(34(29-33)30-47)50(35-16-6-3-7-17-35)36-24-26-37(27-25-36)51-40-19-8-10-21-42(40)52-43-22-11-9-20-41(43)51/h2-29H,1H3. The van der Waals surface area contributed by atoms with Gasteiger partial charge in [-0.2, -0.15) is 5.26 Å². The Morgan fingerprint density at radius 1 is 0.596 bits per heavy atom. The minimum atomic E-state index is 0.544. The summed E-state index contributed by atoms with van der Waals surface area (Å²) < 4.78 is 0. The molecule has 0 N–H and O–H groups in total. The third-order valence-electron chi connectivity index (χ3n) is 9.41. The van der Waals surface area contributed by atoms with Crippen molar-refractivity contribution < 1.29 is 0 Å². The zero-order valence-corrected chi connectivity index (χ0v) is 29.1. The van der Waals surface area contributed by atoms with E-state index in [4.69, 9.17) is 9.97 Å². The Hall–Kier alpha value is -6.68. The van der Waals surface area contributed by atoms with Crippen molar-refractivity contribution >= 4 is 56.8 Å². The van der Waals surface area contributed by atoms with E-state index in [1.54, 1.807) is 11.8 Å². The highest BCUT2D eigenvalue weighted by molar-refractivity contribution is 7.99. The van der Waals surface area contributed by atoms with E-state index in [1.165, 1.54) is 9.79 Å². The molecular weight excluding hydrogens is 655 g/mol. The second-order valence-corrected chi connectivity index (χ2v) is 13.7. The van der Waals surface area contributed by atoms with Gasteiger partial charge in [0.1, 0.15) is 6.07 Å². The highest BCUT2D eigenvalue weighted by Gasteiger charge is 2.25. The molecule has 0 saturated heterocycles. The predicted molar refractivity (Wildman–Crippen MR) is 213 cm³/mol. The van der Waals surface area contributed by atoms with Crippen molar-refractivity contribution in [3.05, 3.63) is 181 Å². The topological polar surface area (TPSA) is 56.1 Å². The van der Waals surface area contributed by atoms with Gasteiger partial charge in [0, 0.05) is 43.4 Å². The van der Waals surface area contributed by atoms with E-state index in [0.717, 1.165) is 67.4 Å². The summed E-state index contributed by atoms with van der Waals surface area (Å²) in [5.41, 5.74) is 11.2. The first-order chi connectivity index (χ1) is 25.7. The molecule has 2 heterocycles. The van der Waals surface area contributed by atoms with Crippen LogP contribution in [0.15, 0.2) is 180 Å². The molecule has 1 aliphatic rings. The molecule has 0 amide bonds. The first kappa shape index (κ1) is 31.3. The van der Waals surface area contributed by atoms with Crippen LogP contribution in [0.1, 0.15) is 11.1 Å². The Kier molecular flexibility index (Phi) is 7.96. The summed E-state index contributed by atoms with van der Waals surface area (Å²) in [6, 6.07) is 60.6. The van der Waals surface area contributed by atoms with Gasteiger partial charge in [0.15, 0.2) is 5.82 Å². The van der Waals surface area contributed by atoms with Crippen LogP contribution >= 0.6 is 11.8 Å². The van der Waals surface area contributed by atoms with E-state index in [2.05, 4.69) is 120 Å². The number of benzene rings is 7. The molecule has 5 nitrogen and oxygen atoms in total. The Morgan fingerprint density at radius 3 is 1.92 bits per heavy atom. The number of rotatable bonds is 6. The number of para-hydroxylation sites is 3. The zero-order chi connectivity index (χ0) is 35.0. The van der Waals surface area contributed by atoms with Gasteiger partial charge < -0.3 is 9.80 Å². The Labute approximate surface area is 307 Å². The third-order valence-corrected chi connectivity index (χ3v) is 10.5. The molecule has 246 valence electrons. The van der Waals surface area contributed by atoms with Crippen molar-refractivity contribution in [3.63, 3.8) is 0 Å². The van der Waals surface area contributed by atoms with Gasteiger partial charge in [0.2, 0.25) is 0 Å². The normalized spacial score (nSPS) is 11.8. The van der Waals surface area contributed by atoms with Crippen LogP contribution in [0.4, 0.5) is 34.1 Å². The molecule has 6 heteroatoms. The summed E-state index contributed by atoms with van der Waals surface area (Å²) in [6.07, 6.45) is 0. The number of aromatic nitrogens is 2. The molecule has 0 fully saturated rings. The van der Waals surface area contributed by atoms with E-state index in [1.807, 2.05) is 72.8 Å². The number of hydrogen-bond acceptors (Lipinski definition) is 6. The number of nitriles is 1. The van der Waals surface area contributed by atoms with Crippen molar-refractivity contribution in [1.29, 1.82) is 5.26 Å². The molecule has 0 unspecified atom stereocenters. The van der Waals surface area contributed by atoms with Crippen LogP contribution in [-0.4, -0.2) is 9.97 Å². The largest absolute Gasteiger partial charge is 0.309 e. The van der Waals surface area contributed by atoms with Crippen LogP contribution in [0, 0.1) is 18.3 Å². The molecule has 0 atom stereocenters. The summed E-state index contributed by atoms with van der Waals surface area (Å²) in [6.45, 7) is 2.08. The minimum absolute atomic E-state index is 0.544. The van der Waals surface area contributed by atoms with Crippen LogP contribution in [0.25, 0.3) is 33.5 Å². The number of hydrogen-bond donors (Lipinski definition) is 0. The maximum absolute atomic E-state index is 10.7. The van der Waals surface area contributed by atoms with Crippen LogP contribution in [0.2, 0.25) is 0 Å². The van der Waals surface area contributed by atoms with Gasteiger partial charge >= 0.3 is 0 Å². The SMILES string of the molecule is Cc1cccc2nc(-c3ccccc3)nc(-c3ccc(N(c4ccccc4)c4ccc(N5c6ccccc6Sc6ccccc65)cc4)c(C#N)c3)c12. The van der Waals surface area contributed by atoms with Crippen molar-refractivity contribution in [3.8, 4) is 28.7 Å². The molecule has 1 aliphatic heterocycles. The zero-order valence-electron chi connectivity index (χ0n) is 28.3. The molecule has 8 aromatic rings. The molecule has 9 rings (SSSR count). The molecule has 0 saturated carbocycles. The van der Waals surface area contributed by atoms with Gasteiger partial charge in [0.25, 0.3) is 0 Å². The van der Waals surface area contributed by atoms with Crippen molar-refractivity contribution in [1.82, 2.24) is 9.97 Å². The molecule has 0 radical (unpaired) electrons. The number of nitrogens with zero attached hydrogens (tertiary/aromatic N) is 5. The molecule has 0 spiro atoms. The number of aryl methyl sites for hydroxylation is 1. The molecule has 0 bridgehead atoms. The van der Waals surface area contributed by atoms with Crippen LogP contribution < -0.4 is 9.80 Å². The minimum Gasteiger partial charge on any atom is -0.309 e. The monoisotopic (exact) mass is 685 g/mol. The van der Waals surface area contributed by atoms with Gasteiger partial charge in [-0.15, -0.1) is 0 Å². The first-order valence-electron chi connectivity index (χ1n) is 17.1. The quantitative estimate of drug-likeness (QED) is 0.174. The summed E-state index contributed by atoms with van der Waals surface area (Å²) in [5.74, 6) is 0.653. The van der Waals surface area contributed by atoms with Gasteiger partial charge in [0.05, 0.1) is 33.8 Å². The summed E-state index contributed by atoms with van der Waals surface area (Å²) in [5, 5.41) is 11.7. The summed E-state index contributed by atoms with van der Waals surface area (Å²) in [7, 11) is 0. The summed E-state index contributed by atoms with van der Waals surface area (Å²) in [4.78, 5) is 17.0. The molecule has 0 aliphatic carbocycles. The Morgan fingerprint density at radius 2 is 1.23 bits per heavy atom. The van der Waals surface area contributed by atoms with Gasteiger partial charge in [-0.1, -0.05) is 103 Å².